The van der Waals surface area contributed by atoms with E-state index in [1.54, 1.807) is 18.3 Å². The van der Waals surface area contributed by atoms with Crippen molar-refractivity contribution < 1.29 is 13.2 Å². The van der Waals surface area contributed by atoms with Gasteiger partial charge in [0.15, 0.2) is 0 Å². The first-order valence-corrected chi connectivity index (χ1v) is 8.62. The molecule has 0 saturated heterocycles. The molecule has 1 aromatic heterocycles. The largest absolute Gasteiger partial charge is 0.417 e. The van der Waals surface area contributed by atoms with E-state index in [-0.39, 0.29) is 5.56 Å². The summed E-state index contributed by atoms with van der Waals surface area (Å²) < 4.78 is 41.2. The molecular formula is C24H18F3N. The average Bonchev–Trinajstić information content (AvgIpc) is 2.72. The molecule has 0 aliphatic rings. The van der Waals surface area contributed by atoms with Crippen LogP contribution in [0.3, 0.4) is 0 Å². The van der Waals surface area contributed by atoms with Crippen LogP contribution in [-0.2, 0) is 6.18 Å². The molecule has 0 amide bonds. The van der Waals surface area contributed by atoms with Crippen LogP contribution in [0.1, 0.15) is 11.1 Å². The van der Waals surface area contributed by atoms with Gasteiger partial charge in [0, 0.05) is 11.8 Å². The molecule has 0 unspecified atom stereocenters. The minimum Gasteiger partial charge on any atom is -0.256 e. The number of benzene rings is 2. The topological polar surface area (TPSA) is 12.9 Å². The average molecular weight is 377 g/mol. The van der Waals surface area contributed by atoms with Crippen molar-refractivity contribution in [2.24, 2.45) is 0 Å². The van der Waals surface area contributed by atoms with Gasteiger partial charge in [-0.25, -0.2) is 0 Å². The number of rotatable bonds is 5. The zero-order chi connectivity index (χ0) is 20.1. The highest BCUT2D eigenvalue weighted by Crippen LogP contribution is 2.38. The number of halogens is 3. The Morgan fingerprint density at radius 1 is 0.857 bits per heavy atom. The summed E-state index contributed by atoms with van der Waals surface area (Å²) in [6.07, 6.45) is 1.54. The number of pyridine rings is 1. The maximum absolute atomic E-state index is 13.7. The fourth-order valence-corrected chi connectivity index (χ4v) is 3.00. The molecule has 3 aromatic rings. The quantitative estimate of drug-likeness (QED) is 0.429. The summed E-state index contributed by atoms with van der Waals surface area (Å²) in [5.74, 6) is 0. The van der Waals surface area contributed by atoms with Crippen LogP contribution < -0.4 is 0 Å². The van der Waals surface area contributed by atoms with Crippen molar-refractivity contribution in [2.75, 3.05) is 0 Å². The van der Waals surface area contributed by atoms with Gasteiger partial charge in [-0.05, 0) is 46.5 Å². The van der Waals surface area contributed by atoms with Crippen LogP contribution in [0.25, 0.3) is 28.0 Å². The van der Waals surface area contributed by atoms with Crippen LogP contribution in [0.15, 0.2) is 98.2 Å². The first-order valence-electron chi connectivity index (χ1n) is 8.62. The summed E-state index contributed by atoms with van der Waals surface area (Å²) in [4.78, 5) is 4.30. The third kappa shape index (κ3) is 4.12. The van der Waals surface area contributed by atoms with Gasteiger partial charge in [0.25, 0.3) is 0 Å². The zero-order valence-corrected chi connectivity index (χ0v) is 15.1. The molecule has 1 heterocycles. The maximum atomic E-state index is 13.7. The van der Waals surface area contributed by atoms with E-state index >= 15 is 0 Å². The van der Waals surface area contributed by atoms with Crippen molar-refractivity contribution >= 4 is 5.57 Å². The maximum Gasteiger partial charge on any atom is 0.417 e. The molecule has 0 bridgehead atoms. The lowest BCUT2D eigenvalue weighted by Gasteiger charge is -2.16. The summed E-state index contributed by atoms with van der Waals surface area (Å²) in [5, 5.41) is 0. The monoisotopic (exact) mass is 377 g/mol. The molecule has 0 aliphatic carbocycles. The molecule has 3 rings (SSSR count). The van der Waals surface area contributed by atoms with Crippen LogP contribution in [0.2, 0.25) is 0 Å². The molecule has 1 nitrogen and oxygen atoms in total. The van der Waals surface area contributed by atoms with Crippen LogP contribution >= 0.6 is 0 Å². The van der Waals surface area contributed by atoms with Gasteiger partial charge in [-0.1, -0.05) is 67.8 Å². The first-order chi connectivity index (χ1) is 13.4. The molecule has 4 heteroatoms. The number of hydrogen-bond acceptors (Lipinski definition) is 1. The Bertz CT molecular complexity index is 1030. The number of allylic oxidation sites excluding steroid dienone is 4. The minimum atomic E-state index is -4.49. The molecule has 0 aliphatic heterocycles. The summed E-state index contributed by atoms with van der Waals surface area (Å²) in [6.45, 7) is 7.17. The number of alkyl halides is 3. The number of nitrogens with zero attached hydrogens (tertiary/aromatic N) is 1. The molecule has 0 N–H and O–H groups in total. The summed E-state index contributed by atoms with van der Waals surface area (Å²) in [7, 11) is 0. The lowest BCUT2D eigenvalue weighted by molar-refractivity contribution is -0.137. The molecule has 2 aromatic carbocycles. The Morgan fingerprint density at radius 2 is 1.61 bits per heavy atom. The fourth-order valence-electron chi connectivity index (χ4n) is 3.00. The van der Waals surface area contributed by atoms with E-state index in [1.165, 1.54) is 30.4 Å². The predicted molar refractivity (Wildman–Crippen MR) is 108 cm³/mol. The summed E-state index contributed by atoms with van der Waals surface area (Å²) >= 11 is 0. The fraction of sp³-hybridized carbons (Fsp3) is 0.0417. The Hall–Kier alpha value is -3.40. The predicted octanol–water partition coefficient (Wildman–Crippen LogP) is 7.19. The minimum absolute atomic E-state index is 0.0760. The van der Waals surface area contributed by atoms with Crippen molar-refractivity contribution in [1.82, 2.24) is 4.98 Å². The second-order valence-electron chi connectivity index (χ2n) is 6.12. The van der Waals surface area contributed by atoms with Gasteiger partial charge in [-0.2, -0.15) is 13.2 Å². The van der Waals surface area contributed by atoms with Crippen LogP contribution in [0.5, 0.6) is 0 Å². The lowest BCUT2D eigenvalue weighted by atomic mass is 9.93. The van der Waals surface area contributed by atoms with Crippen molar-refractivity contribution in [3.8, 4) is 22.4 Å². The van der Waals surface area contributed by atoms with Crippen LogP contribution in [0.4, 0.5) is 13.2 Å². The third-order valence-corrected chi connectivity index (χ3v) is 4.31. The van der Waals surface area contributed by atoms with Crippen molar-refractivity contribution in [2.45, 2.75) is 6.18 Å². The molecule has 0 atom stereocenters. The SMILES string of the molecule is C=C/C=C(\C=C)c1ccc(-c2cccc(-c3ccccn3)c2)cc1C(F)(F)F. The first kappa shape index (κ1) is 19.4. The van der Waals surface area contributed by atoms with Gasteiger partial charge in [0.2, 0.25) is 0 Å². The second kappa shape index (κ2) is 8.09. The molecule has 0 fully saturated rings. The lowest BCUT2D eigenvalue weighted by Crippen LogP contribution is -2.09. The van der Waals surface area contributed by atoms with Crippen LogP contribution in [-0.4, -0.2) is 4.98 Å². The van der Waals surface area contributed by atoms with Gasteiger partial charge < -0.3 is 0 Å². The normalized spacial score (nSPS) is 11.9. The molecular weight excluding hydrogens is 359 g/mol. The van der Waals surface area contributed by atoms with Crippen LogP contribution in [0, 0.1) is 0 Å². The van der Waals surface area contributed by atoms with E-state index in [0.717, 1.165) is 11.3 Å². The highest BCUT2D eigenvalue weighted by Gasteiger charge is 2.34. The van der Waals surface area contributed by atoms with Gasteiger partial charge >= 0.3 is 6.18 Å². The van der Waals surface area contributed by atoms with E-state index in [1.807, 2.05) is 36.4 Å². The van der Waals surface area contributed by atoms with E-state index < -0.39 is 11.7 Å². The highest BCUT2D eigenvalue weighted by molar-refractivity contribution is 5.80. The summed E-state index contributed by atoms with van der Waals surface area (Å²) in [6, 6.07) is 17.2. The Kier molecular flexibility index (Phi) is 5.59. The molecule has 0 spiro atoms. The van der Waals surface area contributed by atoms with E-state index in [9.17, 15) is 13.2 Å². The molecule has 0 radical (unpaired) electrons. The smallest absolute Gasteiger partial charge is 0.256 e. The van der Waals surface area contributed by atoms with Crippen molar-refractivity contribution in [3.63, 3.8) is 0 Å². The third-order valence-electron chi connectivity index (χ3n) is 4.31. The highest BCUT2D eigenvalue weighted by atomic mass is 19.4. The number of aromatic nitrogens is 1. The molecule has 28 heavy (non-hydrogen) atoms. The Labute approximate surface area is 162 Å². The van der Waals surface area contributed by atoms with E-state index in [4.69, 9.17) is 0 Å². The van der Waals surface area contributed by atoms with Gasteiger partial charge in [0.05, 0.1) is 11.3 Å². The standard InChI is InChI=1S/C24H18F3N/c1-3-8-17(4-2)21-13-12-19(16-22(21)24(25,26)27)18-9-7-10-20(15-18)23-11-5-6-14-28-23/h3-16H,1-2H2/b17-8+. The second-order valence-corrected chi connectivity index (χ2v) is 6.12. The molecule has 0 saturated carbocycles. The van der Waals surface area contributed by atoms with E-state index in [0.29, 0.717) is 16.7 Å². The van der Waals surface area contributed by atoms with Gasteiger partial charge in [-0.3, -0.25) is 4.98 Å². The van der Waals surface area contributed by atoms with Crippen molar-refractivity contribution in [3.05, 3.63) is 109 Å². The Balaban J connectivity index is 2.13. The van der Waals surface area contributed by atoms with Crippen molar-refractivity contribution in [1.29, 1.82) is 0 Å². The summed E-state index contributed by atoms with van der Waals surface area (Å²) in [5.41, 5.74) is 2.52. The van der Waals surface area contributed by atoms with Gasteiger partial charge in [0.1, 0.15) is 0 Å². The Morgan fingerprint density at radius 3 is 2.25 bits per heavy atom. The molecule has 140 valence electrons. The zero-order valence-electron chi connectivity index (χ0n) is 15.1. The number of hydrogen-bond donors (Lipinski definition) is 0. The van der Waals surface area contributed by atoms with E-state index in [2.05, 4.69) is 18.1 Å². The van der Waals surface area contributed by atoms with Gasteiger partial charge in [-0.15, -0.1) is 0 Å².